The molecule has 0 spiro atoms. The van der Waals surface area contributed by atoms with Gasteiger partial charge in [0.25, 0.3) is 0 Å². The molecule has 4 heteroatoms. The number of fused-ring (bicyclic) bond motifs is 1. The highest BCUT2D eigenvalue weighted by Gasteiger charge is 2.15. The minimum atomic E-state index is 0.593. The van der Waals surface area contributed by atoms with Gasteiger partial charge in [-0.25, -0.2) is 0 Å². The van der Waals surface area contributed by atoms with Crippen LogP contribution < -0.4 is 15.2 Å². The third-order valence-electron chi connectivity index (χ3n) is 3.28. The van der Waals surface area contributed by atoms with Crippen LogP contribution in [0, 0.1) is 5.92 Å². The molecule has 3 nitrogen and oxygen atoms in total. The zero-order valence-electron chi connectivity index (χ0n) is 10.7. The Hall–Kier alpha value is -0.930. The highest BCUT2D eigenvalue weighted by Crippen LogP contribution is 2.36. The van der Waals surface area contributed by atoms with Gasteiger partial charge in [-0.15, -0.1) is 0 Å². The van der Waals surface area contributed by atoms with Crippen molar-refractivity contribution in [3.8, 4) is 11.5 Å². The van der Waals surface area contributed by atoms with Crippen LogP contribution in [0.15, 0.2) is 12.1 Å². The Morgan fingerprint density at radius 1 is 1.22 bits per heavy atom. The Labute approximate surface area is 113 Å². The maximum absolute atomic E-state index is 6.26. The molecule has 1 unspecified atom stereocenters. The first-order chi connectivity index (χ1) is 8.70. The van der Waals surface area contributed by atoms with Gasteiger partial charge in [0.05, 0.1) is 0 Å². The number of hydrogen-bond donors (Lipinski definition) is 1. The molecule has 0 aliphatic carbocycles. The van der Waals surface area contributed by atoms with Gasteiger partial charge in [-0.2, -0.15) is 0 Å². The summed E-state index contributed by atoms with van der Waals surface area (Å²) >= 11 is 6.26. The molecular weight excluding hydrogens is 250 g/mol. The molecule has 100 valence electrons. The van der Waals surface area contributed by atoms with Crippen molar-refractivity contribution in [2.75, 3.05) is 19.8 Å². The molecule has 1 aliphatic rings. The third kappa shape index (κ3) is 3.30. The summed E-state index contributed by atoms with van der Waals surface area (Å²) in [5.41, 5.74) is 6.69. The van der Waals surface area contributed by atoms with Crippen LogP contribution in [-0.2, 0) is 6.42 Å². The number of nitrogens with two attached hydrogens (primary N) is 1. The topological polar surface area (TPSA) is 44.5 Å². The van der Waals surface area contributed by atoms with E-state index in [9.17, 15) is 0 Å². The lowest BCUT2D eigenvalue weighted by Crippen LogP contribution is -2.15. The predicted molar refractivity (Wildman–Crippen MR) is 73.6 cm³/mol. The van der Waals surface area contributed by atoms with Crippen molar-refractivity contribution < 1.29 is 9.47 Å². The highest BCUT2D eigenvalue weighted by atomic mass is 35.5. The van der Waals surface area contributed by atoms with Gasteiger partial charge < -0.3 is 15.2 Å². The van der Waals surface area contributed by atoms with E-state index in [1.54, 1.807) is 0 Å². The molecule has 0 saturated carbocycles. The molecule has 1 aromatic rings. The Bertz CT molecular complexity index is 409. The van der Waals surface area contributed by atoms with Crippen LogP contribution >= 0.6 is 11.6 Å². The molecule has 0 fully saturated rings. The second-order valence-electron chi connectivity index (χ2n) is 4.81. The van der Waals surface area contributed by atoms with Gasteiger partial charge in [-0.1, -0.05) is 18.5 Å². The smallest absolute Gasteiger partial charge is 0.162 e. The van der Waals surface area contributed by atoms with Crippen LogP contribution in [0.1, 0.15) is 25.3 Å². The molecule has 1 atom stereocenters. The number of benzene rings is 1. The molecule has 0 aromatic heterocycles. The van der Waals surface area contributed by atoms with Crippen molar-refractivity contribution in [2.24, 2.45) is 11.7 Å². The fourth-order valence-corrected chi connectivity index (χ4v) is 2.38. The predicted octanol–water partition coefficient (Wildman–Crippen LogP) is 3.03. The standard InChI is InChI=1S/C14H20ClNO2/c1-10(4-5-16)2-3-11-8-13-14(9-12(11)15)18-7-6-17-13/h8-10H,2-7,16H2,1H3. The van der Waals surface area contributed by atoms with Gasteiger partial charge in [-0.05, 0) is 43.4 Å². The van der Waals surface area contributed by atoms with Gasteiger partial charge in [0, 0.05) is 11.1 Å². The van der Waals surface area contributed by atoms with Gasteiger partial charge in [-0.3, -0.25) is 0 Å². The Kier molecular flexibility index (Phi) is 4.72. The second-order valence-corrected chi connectivity index (χ2v) is 5.22. The molecule has 2 rings (SSSR count). The molecule has 18 heavy (non-hydrogen) atoms. The molecule has 1 aliphatic heterocycles. The zero-order valence-corrected chi connectivity index (χ0v) is 11.5. The van der Waals surface area contributed by atoms with E-state index in [-0.39, 0.29) is 0 Å². The van der Waals surface area contributed by atoms with E-state index in [2.05, 4.69) is 6.92 Å². The molecule has 0 amide bonds. The van der Waals surface area contributed by atoms with E-state index in [0.29, 0.717) is 19.1 Å². The van der Waals surface area contributed by atoms with Gasteiger partial charge >= 0.3 is 0 Å². The van der Waals surface area contributed by atoms with Gasteiger partial charge in [0.1, 0.15) is 13.2 Å². The van der Waals surface area contributed by atoms with Gasteiger partial charge in [0.2, 0.25) is 0 Å². The summed E-state index contributed by atoms with van der Waals surface area (Å²) in [6.07, 6.45) is 3.11. The molecule has 0 radical (unpaired) electrons. The summed E-state index contributed by atoms with van der Waals surface area (Å²) in [7, 11) is 0. The maximum atomic E-state index is 6.26. The Balaban J connectivity index is 2.04. The molecule has 0 bridgehead atoms. The van der Waals surface area contributed by atoms with E-state index in [0.717, 1.165) is 47.9 Å². The first-order valence-corrected chi connectivity index (χ1v) is 6.86. The SMILES string of the molecule is CC(CCN)CCc1cc2c(cc1Cl)OCCO2. The lowest BCUT2D eigenvalue weighted by molar-refractivity contribution is 0.171. The van der Waals surface area contributed by atoms with Crippen molar-refractivity contribution in [2.45, 2.75) is 26.2 Å². The van der Waals surface area contributed by atoms with Gasteiger partial charge in [0.15, 0.2) is 11.5 Å². The van der Waals surface area contributed by atoms with Crippen LogP contribution in [0.5, 0.6) is 11.5 Å². The average Bonchev–Trinajstić information content (AvgIpc) is 2.36. The monoisotopic (exact) mass is 269 g/mol. The van der Waals surface area contributed by atoms with Crippen LogP contribution in [0.25, 0.3) is 0 Å². The number of hydrogen-bond acceptors (Lipinski definition) is 3. The Morgan fingerprint density at radius 2 is 1.89 bits per heavy atom. The van der Waals surface area contributed by atoms with Crippen LogP contribution in [-0.4, -0.2) is 19.8 Å². The van der Waals surface area contributed by atoms with Crippen LogP contribution in [0.4, 0.5) is 0 Å². The van der Waals surface area contributed by atoms with Crippen molar-refractivity contribution in [3.05, 3.63) is 22.7 Å². The number of halogens is 1. The van der Waals surface area contributed by atoms with Crippen molar-refractivity contribution >= 4 is 11.6 Å². The fourth-order valence-electron chi connectivity index (χ4n) is 2.13. The van der Waals surface area contributed by atoms with Crippen LogP contribution in [0.2, 0.25) is 5.02 Å². The van der Waals surface area contributed by atoms with E-state index < -0.39 is 0 Å². The first kappa shape index (κ1) is 13.5. The number of ether oxygens (including phenoxy) is 2. The largest absolute Gasteiger partial charge is 0.486 e. The third-order valence-corrected chi connectivity index (χ3v) is 3.63. The van der Waals surface area contributed by atoms with Crippen LogP contribution in [0.3, 0.4) is 0 Å². The number of rotatable bonds is 5. The summed E-state index contributed by atoms with van der Waals surface area (Å²) in [5, 5.41) is 0.763. The summed E-state index contributed by atoms with van der Waals surface area (Å²) in [5.74, 6) is 2.19. The highest BCUT2D eigenvalue weighted by molar-refractivity contribution is 6.31. The fraction of sp³-hybridized carbons (Fsp3) is 0.571. The average molecular weight is 270 g/mol. The van der Waals surface area contributed by atoms with Crippen molar-refractivity contribution in [1.82, 2.24) is 0 Å². The Morgan fingerprint density at radius 3 is 2.56 bits per heavy atom. The van der Waals surface area contributed by atoms with E-state index in [1.165, 1.54) is 0 Å². The lowest BCUT2D eigenvalue weighted by Gasteiger charge is -2.20. The molecule has 2 N–H and O–H groups in total. The van der Waals surface area contributed by atoms with E-state index in [1.807, 2.05) is 12.1 Å². The van der Waals surface area contributed by atoms with Crippen molar-refractivity contribution in [1.29, 1.82) is 0 Å². The molecule has 1 aromatic carbocycles. The lowest BCUT2D eigenvalue weighted by atomic mass is 9.98. The van der Waals surface area contributed by atoms with E-state index >= 15 is 0 Å². The molecule has 0 saturated heterocycles. The minimum Gasteiger partial charge on any atom is -0.486 e. The quantitative estimate of drug-likeness (QED) is 0.894. The first-order valence-electron chi connectivity index (χ1n) is 6.48. The summed E-state index contributed by atoms with van der Waals surface area (Å²) in [4.78, 5) is 0. The molecular formula is C14H20ClNO2. The number of aryl methyl sites for hydroxylation is 1. The second kappa shape index (κ2) is 6.30. The zero-order chi connectivity index (χ0) is 13.0. The van der Waals surface area contributed by atoms with Crippen molar-refractivity contribution in [3.63, 3.8) is 0 Å². The normalized spacial score (nSPS) is 15.5. The minimum absolute atomic E-state index is 0.593. The molecule has 1 heterocycles. The summed E-state index contributed by atoms with van der Waals surface area (Å²) < 4.78 is 11.1. The summed E-state index contributed by atoms with van der Waals surface area (Å²) in [6.45, 7) is 4.17. The summed E-state index contributed by atoms with van der Waals surface area (Å²) in [6, 6.07) is 3.87. The maximum Gasteiger partial charge on any atom is 0.162 e. The van der Waals surface area contributed by atoms with E-state index in [4.69, 9.17) is 26.8 Å².